The molecular formula is C24H18ClN3O3S. The van der Waals surface area contributed by atoms with Gasteiger partial charge in [-0.2, -0.15) is 5.26 Å². The van der Waals surface area contributed by atoms with Crippen molar-refractivity contribution < 1.29 is 14.6 Å². The van der Waals surface area contributed by atoms with E-state index in [2.05, 4.69) is 6.07 Å². The fourth-order valence-corrected chi connectivity index (χ4v) is 4.24. The molecule has 4 aromatic rings. The van der Waals surface area contributed by atoms with Gasteiger partial charge in [0.2, 0.25) is 0 Å². The van der Waals surface area contributed by atoms with Gasteiger partial charge in [-0.05, 0) is 47.5 Å². The molecule has 0 spiro atoms. The number of benzene rings is 2. The van der Waals surface area contributed by atoms with Gasteiger partial charge in [0.25, 0.3) is 0 Å². The number of rotatable bonds is 8. The second kappa shape index (κ2) is 9.79. The molecule has 1 N–H and O–H groups in total. The zero-order valence-corrected chi connectivity index (χ0v) is 18.4. The first-order valence-corrected chi connectivity index (χ1v) is 10.9. The molecule has 2 heterocycles. The summed E-state index contributed by atoms with van der Waals surface area (Å²) in [6.45, 7) is 1.28. The molecule has 6 nitrogen and oxygen atoms in total. The highest BCUT2D eigenvalue weighted by Crippen LogP contribution is 2.31. The van der Waals surface area contributed by atoms with Crippen molar-refractivity contribution in [3.8, 4) is 16.8 Å². The van der Waals surface area contributed by atoms with Crippen molar-refractivity contribution in [2.24, 2.45) is 0 Å². The average molecular weight is 464 g/mol. The molecule has 2 aromatic carbocycles. The van der Waals surface area contributed by atoms with Gasteiger partial charge in [-0.3, -0.25) is 0 Å². The number of carboxylic acids is 1. The molecule has 0 aliphatic rings. The predicted molar refractivity (Wildman–Crippen MR) is 123 cm³/mol. The van der Waals surface area contributed by atoms with Gasteiger partial charge in [0.05, 0.1) is 45.3 Å². The fourth-order valence-electron chi connectivity index (χ4n) is 3.19. The minimum Gasteiger partial charge on any atom is -0.478 e. The van der Waals surface area contributed by atoms with E-state index in [-0.39, 0.29) is 5.56 Å². The van der Waals surface area contributed by atoms with E-state index in [0.29, 0.717) is 29.7 Å². The molecule has 0 aliphatic heterocycles. The number of thiophene rings is 1. The van der Waals surface area contributed by atoms with Crippen LogP contribution in [0.15, 0.2) is 66.9 Å². The van der Waals surface area contributed by atoms with Crippen molar-refractivity contribution in [2.45, 2.75) is 19.8 Å². The molecule has 0 bridgehead atoms. The lowest BCUT2D eigenvalue weighted by Gasteiger charge is -2.07. The minimum absolute atomic E-state index is 0.251. The second-order valence-electron chi connectivity index (χ2n) is 7.09. The van der Waals surface area contributed by atoms with Gasteiger partial charge in [0.1, 0.15) is 0 Å². The number of halogens is 1. The highest BCUT2D eigenvalue weighted by molar-refractivity contribution is 7.19. The fraction of sp³-hybridized carbons (Fsp3) is 0.125. The molecule has 160 valence electrons. The van der Waals surface area contributed by atoms with Gasteiger partial charge in [0.15, 0.2) is 5.82 Å². The number of hydrogen-bond donors (Lipinski definition) is 1. The van der Waals surface area contributed by atoms with Crippen molar-refractivity contribution in [3.63, 3.8) is 0 Å². The van der Waals surface area contributed by atoms with E-state index in [0.717, 1.165) is 27.5 Å². The van der Waals surface area contributed by atoms with Crippen molar-refractivity contribution in [2.75, 3.05) is 0 Å². The third-order valence-corrected chi connectivity index (χ3v) is 6.00. The SMILES string of the molecule is N#Cc1ccc(COCc2cn(Cc3ccc(C(=O)O)cc3)c(-c3ccc(Cl)s3)n2)cc1. The summed E-state index contributed by atoms with van der Waals surface area (Å²) in [5.74, 6) is -0.170. The Morgan fingerprint density at radius 2 is 1.78 bits per heavy atom. The summed E-state index contributed by atoms with van der Waals surface area (Å²) in [5.41, 5.74) is 3.58. The molecule has 0 saturated heterocycles. The molecule has 0 amide bonds. The van der Waals surface area contributed by atoms with E-state index < -0.39 is 5.97 Å². The van der Waals surface area contributed by atoms with E-state index >= 15 is 0 Å². The Hall–Kier alpha value is -3.44. The maximum absolute atomic E-state index is 11.1. The first kappa shape index (κ1) is 21.8. The van der Waals surface area contributed by atoms with Gasteiger partial charge < -0.3 is 14.4 Å². The first-order chi connectivity index (χ1) is 15.5. The second-order valence-corrected chi connectivity index (χ2v) is 8.81. The molecule has 0 radical (unpaired) electrons. The van der Waals surface area contributed by atoms with Crippen molar-refractivity contribution in [1.29, 1.82) is 5.26 Å². The van der Waals surface area contributed by atoms with Crippen LogP contribution in [-0.4, -0.2) is 20.6 Å². The Morgan fingerprint density at radius 1 is 1.06 bits per heavy atom. The number of carboxylic acid groups (broad SMARTS) is 1. The maximum Gasteiger partial charge on any atom is 0.335 e. The summed E-state index contributed by atoms with van der Waals surface area (Å²) in [5, 5.41) is 18.0. The van der Waals surface area contributed by atoms with E-state index in [4.69, 9.17) is 31.7 Å². The van der Waals surface area contributed by atoms with E-state index in [1.54, 1.807) is 36.4 Å². The Labute approximate surface area is 193 Å². The van der Waals surface area contributed by atoms with Gasteiger partial charge >= 0.3 is 5.97 Å². The topological polar surface area (TPSA) is 88.1 Å². The summed E-state index contributed by atoms with van der Waals surface area (Å²) < 4.78 is 8.53. The van der Waals surface area contributed by atoms with Crippen LogP contribution in [0.4, 0.5) is 0 Å². The van der Waals surface area contributed by atoms with E-state index in [9.17, 15) is 4.79 Å². The quantitative estimate of drug-likeness (QED) is 0.367. The highest BCUT2D eigenvalue weighted by Gasteiger charge is 2.14. The summed E-state index contributed by atoms with van der Waals surface area (Å²) in [6, 6.07) is 19.9. The molecule has 0 aliphatic carbocycles. The van der Waals surface area contributed by atoms with Crippen LogP contribution in [0.5, 0.6) is 0 Å². The summed E-state index contributed by atoms with van der Waals surface area (Å²) in [4.78, 5) is 16.8. The molecule has 32 heavy (non-hydrogen) atoms. The van der Waals surface area contributed by atoms with Crippen LogP contribution in [0.25, 0.3) is 10.7 Å². The zero-order valence-electron chi connectivity index (χ0n) is 16.9. The van der Waals surface area contributed by atoms with Crippen LogP contribution >= 0.6 is 22.9 Å². The van der Waals surface area contributed by atoms with E-state index in [1.165, 1.54) is 11.3 Å². The van der Waals surface area contributed by atoms with E-state index in [1.807, 2.05) is 35.0 Å². The third-order valence-electron chi connectivity index (χ3n) is 4.78. The number of hydrogen-bond acceptors (Lipinski definition) is 5. The normalized spacial score (nSPS) is 10.8. The Morgan fingerprint density at radius 3 is 2.41 bits per heavy atom. The lowest BCUT2D eigenvalue weighted by atomic mass is 10.1. The molecule has 0 atom stereocenters. The molecule has 0 saturated carbocycles. The van der Waals surface area contributed by atoms with Crippen molar-refractivity contribution >= 4 is 28.9 Å². The standard InChI is InChI=1S/C24H18ClN3O3S/c25-22-10-9-21(32-22)23-27-20(15-31-14-18-3-1-16(11-26)2-4-18)13-28(23)12-17-5-7-19(8-6-17)24(29)30/h1-10,13H,12,14-15H2,(H,29,30). The minimum atomic E-state index is -0.949. The Bertz CT molecular complexity index is 1270. The number of nitrogens with zero attached hydrogens (tertiary/aromatic N) is 3. The monoisotopic (exact) mass is 463 g/mol. The summed E-state index contributed by atoms with van der Waals surface area (Å²) in [7, 11) is 0. The van der Waals surface area contributed by atoms with Gasteiger partial charge in [-0.1, -0.05) is 35.9 Å². The number of ether oxygens (including phenoxy) is 1. The number of aromatic carboxylic acids is 1. The highest BCUT2D eigenvalue weighted by atomic mass is 35.5. The summed E-state index contributed by atoms with van der Waals surface area (Å²) in [6.07, 6.45) is 1.94. The molecule has 4 rings (SSSR count). The lowest BCUT2D eigenvalue weighted by Crippen LogP contribution is -2.02. The molecular weight excluding hydrogens is 446 g/mol. The lowest BCUT2D eigenvalue weighted by molar-refractivity contribution is 0.0697. The van der Waals surface area contributed by atoms with Crippen LogP contribution in [0.2, 0.25) is 4.34 Å². The Balaban J connectivity index is 1.51. The zero-order chi connectivity index (χ0) is 22.5. The van der Waals surface area contributed by atoms with Crippen LogP contribution in [0.3, 0.4) is 0 Å². The molecule has 0 fully saturated rings. The van der Waals surface area contributed by atoms with Crippen LogP contribution in [0.1, 0.15) is 32.7 Å². The average Bonchev–Trinajstić information content (AvgIpc) is 3.40. The van der Waals surface area contributed by atoms with Crippen LogP contribution in [0, 0.1) is 11.3 Å². The van der Waals surface area contributed by atoms with Gasteiger partial charge in [-0.15, -0.1) is 11.3 Å². The first-order valence-electron chi connectivity index (χ1n) is 9.72. The number of carbonyl (C=O) groups is 1. The van der Waals surface area contributed by atoms with Crippen LogP contribution < -0.4 is 0 Å². The number of imidazole rings is 1. The number of nitriles is 1. The Kier molecular flexibility index (Phi) is 6.66. The smallest absolute Gasteiger partial charge is 0.335 e. The van der Waals surface area contributed by atoms with Crippen molar-refractivity contribution in [3.05, 3.63) is 99.1 Å². The van der Waals surface area contributed by atoms with Gasteiger partial charge in [0, 0.05) is 12.7 Å². The summed E-state index contributed by atoms with van der Waals surface area (Å²) >= 11 is 7.58. The van der Waals surface area contributed by atoms with Crippen LogP contribution in [-0.2, 0) is 24.5 Å². The molecule has 0 unspecified atom stereocenters. The number of aromatic nitrogens is 2. The van der Waals surface area contributed by atoms with Crippen molar-refractivity contribution in [1.82, 2.24) is 9.55 Å². The predicted octanol–water partition coefficient (Wildman–Crippen LogP) is 5.60. The van der Waals surface area contributed by atoms with Gasteiger partial charge in [-0.25, -0.2) is 9.78 Å². The maximum atomic E-state index is 11.1. The molecule has 2 aromatic heterocycles. The largest absolute Gasteiger partial charge is 0.478 e. The third kappa shape index (κ3) is 5.24. The molecule has 8 heteroatoms.